The Hall–Kier alpha value is -2.63. The molecule has 1 rings (SSSR count). The molecule has 1 aromatic carbocycles. The lowest BCUT2D eigenvalue weighted by atomic mass is 10.2. The van der Waals surface area contributed by atoms with Crippen LogP contribution in [0.5, 0.6) is 0 Å². The topological polar surface area (TPSA) is 92.7 Å². The van der Waals surface area contributed by atoms with Crippen LogP contribution < -0.4 is 5.32 Å². The summed E-state index contributed by atoms with van der Waals surface area (Å²) >= 11 is 0. The molecule has 0 atom stereocenters. The quantitative estimate of drug-likeness (QED) is 0.619. The molecule has 2 N–H and O–H groups in total. The summed E-state index contributed by atoms with van der Waals surface area (Å²) < 4.78 is 4.82. The average Bonchev–Trinajstić information content (AvgIpc) is 2.37. The number of rotatable bonds is 5. The van der Waals surface area contributed by atoms with Crippen molar-refractivity contribution >= 4 is 23.5 Å². The molecular weight excluding hydrogens is 250 g/mol. The van der Waals surface area contributed by atoms with Gasteiger partial charge in [-0.25, -0.2) is 9.59 Å². The number of nitrogens with one attached hydrogen (secondary N) is 1. The highest BCUT2D eigenvalue weighted by Gasteiger charge is 2.07. The van der Waals surface area contributed by atoms with Gasteiger partial charge in [0, 0.05) is 17.8 Å². The van der Waals surface area contributed by atoms with Crippen molar-refractivity contribution < 1.29 is 24.2 Å². The van der Waals surface area contributed by atoms with Gasteiger partial charge in [-0.1, -0.05) is 6.07 Å². The summed E-state index contributed by atoms with van der Waals surface area (Å²) in [6.07, 6.45) is 1.61. The van der Waals surface area contributed by atoms with Gasteiger partial charge in [-0.15, -0.1) is 0 Å². The number of benzene rings is 1. The van der Waals surface area contributed by atoms with E-state index >= 15 is 0 Å². The molecule has 0 bridgehead atoms. The maximum absolute atomic E-state index is 11.5. The highest BCUT2D eigenvalue weighted by atomic mass is 16.5. The van der Waals surface area contributed by atoms with Gasteiger partial charge in [0.15, 0.2) is 0 Å². The molecule has 0 saturated heterocycles. The number of esters is 1. The Morgan fingerprint density at radius 3 is 2.68 bits per heavy atom. The summed E-state index contributed by atoms with van der Waals surface area (Å²) in [7, 11) is 0. The van der Waals surface area contributed by atoms with Gasteiger partial charge in [-0.2, -0.15) is 0 Å². The molecule has 6 nitrogen and oxygen atoms in total. The number of anilines is 1. The Labute approximate surface area is 109 Å². The third-order valence-corrected chi connectivity index (χ3v) is 2.02. The van der Waals surface area contributed by atoms with Gasteiger partial charge < -0.3 is 15.2 Å². The summed E-state index contributed by atoms with van der Waals surface area (Å²) in [5, 5.41) is 10.8. The molecule has 0 unspecified atom stereocenters. The predicted octanol–water partition coefficient (Wildman–Crippen LogP) is 1.44. The Kier molecular flexibility index (Phi) is 5.28. The monoisotopic (exact) mass is 263 g/mol. The third kappa shape index (κ3) is 5.03. The van der Waals surface area contributed by atoms with E-state index in [1.807, 2.05) is 0 Å². The highest BCUT2D eigenvalue weighted by Crippen LogP contribution is 2.11. The van der Waals surface area contributed by atoms with E-state index in [1.54, 1.807) is 25.1 Å². The van der Waals surface area contributed by atoms with Crippen molar-refractivity contribution in [3.8, 4) is 0 Å². The summed E-state index contributed by atoms with van der Waals surface area (Å²) in [6, 6.07) is 6.17. The minimum atomic E-state index is -1.21. The van der Waals surface area contributed by atoms with Crippen molar-refractivity contribution in [1.29, 1.82) is 0 Å². The third-order valence-electron chi connectivity index (χ3n) is 2.02. The maximum atomic E-state index is 11.5. The van der Waals surface area contributed by atoms with E-state index in [-0.39, 0.29) is 6.61 Å². The van der Waals surface area contributed by atoms with Gasteiger partial charge in [0.2, 0.25) is 5.91 Å². The highest BCUT2D eigenvalue weighted by molar-refractivity contribution is 6.03. The van der Waals surface area contributed by atoms with Crippen molar-refractivity contribution in [3.63, 3.8) is 0 Å². The summed E-state index contributed by atoms with van der Waals surface area (Å²) in [4.78, 5) is 33.1. The van der Waals surface area contributed by atoms with Crippen LogP contribution in [0.15, 0.2) is 36.4 Å². The minimum absolute atomic E-state index is 0.261. The molecule has 0 radical (unpaired) electrons. The zero-order valence-corrected chi connectivity index (χ0v) is 10.3. The molecular formula is C13H13NO5. The van der Waals surface area contributed by atoms with E-state index in [9.17, 15) is 14.4 Å². The lowest BCUT2D eigenvalue weighted by Gasteiger charge is -2.05. The lowest BCUT2D eigenvalue weighted by molar-refractivity contribution is -0.131. The van der Waals surface area contributed by atoms with Crippen LogP contribution in [0.4, 0.5) is 5.69 Å². The van der Waals surface area contributed by atoms with E-state index < -0.39 is 17.8 Å². The lowest BCUT2D eigenvalue weighted by Crippen LogP contribution is -2.10. The molecule has 19 heavy (non-hydrogen) atoms. The van der Waals surface area contributed by atoms with E-state index in [2.05, 4.69) is 5.32 Å². The van der Waals surface area contributed by atoms with Crippen LogP contribution in [0, 0.1) is 0 Å². The fraction of sp³-hybridized carbons (Fsp3) is 0.154. The second-order valence-corrected chi connectivity index (χ2v) is 3.46. The molecule has 0 aromatic heterocycles. The van der Waals surface area contributed by atoms with Crippen LogP contribution in [0.1, 0.15) is 17.3 Å². The Balaban J connectivity index is 2.74. The minimum Gasteiger partial charge on any atom is -0.478 e. The second-order valence-electron chi connectivity index (χ2n) is 3.46. The zero-order valence-electron chi connectivity index (χ0n) is 10.3. The average molecular weight is 263 g/mol. The van der Waals surface area contributed by atoms with Crippen molar-refractivity contribution in [2.75, 3.05) is 11.9 Å². The van der Waals surface area contributed by atoms with Crippen LogP contribution >= 0.6 is 0 Å². The van der Waals surface area contributed by atoms with Gasteiger partial charge in [0.25, 0.3) is 0 Å². The van der Waals surface area contributed by atoms with Gasteiger partial charge >= 0.3 is 11.9 Å². The van der Waals surface area contributed by atoms with Crippen LogP contribution in [-0.4, -0.2) is 29.6 Å². The number of hydrogen-bond donors (Lipinski definition) is 2. The van der Waals surface area contributed by atoms with E-state index in [0.29, 0.717) is 11.3 Å². The first-order valence-corrected chi connectivity index (χ1v) is 5.52. The van der Waals surface area contributed by atoms with Gasteiger partial charge in [-0.05, 0) is 25.1 Å². The molecule has 0 spiro atoms. The Bertz CT molecular complexity index is 522. The van der Waals surface area contributed by atoms with Crippen LogP contribution in [0.3, 0.4) is 0 Å². The number of carbonyl (C=O) groups excluding carboxylic acids is 2. The van der Waals surface area contributed by atoms with E-state index in [4.69, 9.17) is 9.84 Å². The van der Waals surface area contributed by atoms with Crippen LogP contribution in [-0.2, 0) is 14.3 Å². The summed E-state index contributed by atoms with van der Waals surface area (Å²) in [5.74, 6) is -2.29. The fourth-order valence-electron chi connectivity index (χ4n) is 1.27. The number of aliphatic carboxylic acids is 1. The van der Waals surface area contributed by atoms with Crippen LogP contribution in [0.25, 0.3) is 0 Å². The summed E-state index contributed by atoms with van der Waals surface area (Å²) in [6.45, 7) is 1.96. The molecule has 0 aliphatic heterocycles. The van der Waals surface area contributed by atoms with Gasteiger partial charge in [0.05, 0.1) is 12.2 Å². The fourth-order valence-corrected chi connectivity index (χ4v) is 1.27. The van der Waals surface area contributed by atoms with Gasteiger partial charge in [0.1, 0.15) is 0 Å². The van der Waals surface area contributed by atoms with Crippen molar-refractivity contribution in [2.45, 2.75) is 6.92 Å². The first kappa shape index (κ1) is 14.4. The van der Waals surface area contributed by atoms with Crippen LogP contribution in [0.2, 0.25) is 0 Å². The smallest absolute Gasteiger partial charge is 0.338 e. The molecule has 0 fully saturated rings. The molecule has 100 valence electrons. The molecule has 1 amide bonds. The molecule has 0 heterocycles. The Morgan fingerprint density at radius 1 is 1.32 bits per heavy atom. The zero-order chi connectivity index (χ0) is 14.3. The maximum Gasteiger partial charge on any atom is 0.338 e. The molecule has 1 aromatic rings. The van der Waals surface area contributed by atoms with Crippen molar-refractivity contribution in [3.05, 3.63) is 42.0 Å². The number of carbonyl (C=O) groups is 3. The summed E-state index contributed by atoms with van der Waals surface area (Å²) in [5.41, 5.74) is 0.687. The number of hydrogen-bond acceptors (Lipinski definition) is 4. The first-order chi connectivity index (χ1) is 9.02. The number of carboxylic acids is 1. The van der Waals surface area contributed by atoms with Crippen molar-refractivity contribution in [1.82, 2.24) is 0 Å². The first-order valence-electron chi connectivity index (χ1n) is 5.52. The largest absolute Gasteiger partial charge is 0.478 e. The van der Waals surface area contributed by atoms with E-state index in [1.165, 1.54) is 6.07 Å². The van der Waals surface area contributed by atoms with E-state index in [0.717, 1.165) is 12.2 Å². The predicted molar refractivity (Wildman–Crippen MR) is 67.8 cm³/mol. The normalized spacial score (nSPS) is 10.2. The second kappa shape index (κ2) is 6.95. The molecule has 0 saturated carbocycles. The van der Waals surface area contributed by atoms with Gasteiger partial charge in [-0.3, -0.25) is 4.79 Å². The number of amides is 1. The molecule has 0 aliphatic rings. The SMILES string of the molecule is CCOC(=O)c1cccc(NC(=O)/C=C/C(=O)O)c1. The number of carboxylic acid groups (broad SMARTS) is 1. The molecule has 6 heteroatoms. The Morgan fingerprint density at radius 2 is 2.05 bits per heavy atom. The molecule has 0 aliphatic carbocycles. The standard InChI is InChI=1S/C13H13NO5/c1-2-19-13(18)9-4-3-5-10(8-9)14-11(15)6-7-12(16)17/h3-8H,2H2,1H3,(H,14,15)(H,16,17)/b7-6+. The number of ether oxygens (including phenoxy) is 1. The van der Waals surface area contributed by atoms with Crippen molar-refractivity contribution in [2.24, 2.45) is 0 Å².